The number of anilines is 1. The molecular weight excluding hydrogens is 258 g/mol. The molecule has 0 aromatic carbocycles. The van der Waals surface area contributed by atoms with Gasteiger partial charge in [0.25, 0.3) is 0 Å². The number of hydrogen-bond donors (Lipinski definition) is 1. The van der Waals surface area contributed by atoms with Gasteiger partial charge in [-0.3, -0.25) is 0 Å². The van der Waals surface area contributed by atoms with Gasteiger partial charge >= 0.3 is 0 Å². The van der Waals surface area contributed by atoms with Crippen molar-refractivity contribution in [3.8, 4) is 0 Å². The second kappa shape index (κ2) is 6.16. The van der Waals surface area contributed by atoms with Crippen molar-refractivity contribution in [1.29, 1.82) is 0 Å². The lowest BCUT2D eigenvalue weighted by Crippen LogP contribution is -2.22. The molecule has 2 heterocycles. The van der Waals surface area contributed by atoms with Crippen LogP contribution in [0.4, 0.5) is 5.95 Å². The topological polar surface area (TPSA) is 46.0 Å². The van der Waals surface area contributed by atoms with Crippen molar-refractivity contribution >= 4 is 17.3 Å². The molecule has 0 aliphatic carbocycles. The van der Waals surface area contributed by atoms with Gasteiger partial charge in [-0.15, -0.1) is 11.3 Å². The predicted molar refractivity (Wildman–Crippen MR) is 79.5 cm³/mol. The Labute approximate surface area is 118 Å². The molecule has 0 aliphatic heterocycles. The average Bonchev–Trinajstić information content (AvgIpc) is 3.01. The van der Waals surface area contributed by atoms with Crippen LogP contribution in [0.15, 0.2) is 17.8 Å². The lowest BCUT2D eigenvalue weighted by molar-refractivity contribution is 0.506. The molecule has 1 unspecified atom stereocenters. The van der Waals surface area contributed by atoms with E-state index >= 15 is 0 Å². The summed E-state index contributed by atoms with van der Waals surface area (Å²) in [7, 11) is 6.05. The molecule has 0 radical (unpaired) electrons. The number of rotatable bonds is 6. The summed E-state index contributed by atoms with van der Waals surface area (Å²) in [6, 6.07) is 0.317. The van der Waals surface area contributed by atoms with Crippen molar-refractivity contribution in [2.75, 3.05) is 19.0 Å². The minimum atomic E-state index is 0.317. The van der Waals surface area contributed by atoms with Crippen molar-refractivity contribution in [2.24, 2.45) is 7.05 Å². The van der Waals surface area contributed by atoms with Crippen LogP contribution >= 0.6 is 11.3 Å². The molecule has 2 aromatic rings. The van der Waals surface area contributed by atoms with Gasteiger partial charge in [-0.25, -0.2) is 9.97 Å². The van der Waals surface area contributed by atoms with E-state index < -0.39 is 0 Å². The maximum absolute atomic E-state index is 4.42. The Morgan fingerprint density at radius 1 is 1.42 bits per heavy atom. The van der Waals surface area contributed by atoms with Gasteiger partial charge in [0.15, 0.2) is 0 Å². The third-order valence-corrected chi connectivity index (χ3v) is 4.04. The Morgan fingerprint density at radius 3 is 2.74 bits per heavy atom. The molecule has 0 saturated heterocycles. The number of nitrogens with one attached hydrogen (secondary N) is 1. The van der Waals surface area contributed by atoms with Crippen molar-refractivity contribution in [2.45, 2.75) is 25.9 Å². The predicted octanol–water partition coefficient (Wildman–Crippen LogP) is 2.18. The van der Waals surface area contributed by atoms with Crippen LogP contribution in [0.5, 0.6) is 0 Å². The molecule has 2 aromatic heterocycles. The number of imidazole rings is 1. The highest BCUT2D eigenvalue weighted by Crippen LogP contribution is 2.19. The Kier molecular flexibility index (Phi) is 4.55. The smallest absolute Gasteiger partial charge is 0.204 e. The van der Waals surface area contributed by atoms with Gasteiger partial charge in [-0.05, 0) is 6.42 Å². The second-order valence-corrected chi connectivity index (χ2v) is 5.64. The van der Waals surface area contributed by atoms with Crippen LogP contribution in [0, 0.1) is 0 Å². The fourth-order valence-corrected chi connectivity index (χ4v) is 2.85. The Balaban J connectivity index is 2.02. The molecule has 19 heavy (non-hydrogen) atoms. The zero-order chi connectivity index (χ0) is 13.8. The fraction of sp³-hybridized carbons (Fsp3) is 0.538. The van der Waals surface area contributed by atoms with Crippen LogP contribution in [0.1, 0.15) is 30.1 Å². The summed E-state index contributed by atoms with van der Waals surface area (Å²) in [5.41, 5.74) is 1.18. The molecular formula is C13H21N5S. The number of nitrogens with zero attached hydrogens (tertiary/aromatic N) is 4. The van der Waals surface area contributed by atoms with E-state index in [0.717, 1.165) is 23.9 Å². The first-order chi connectivity index (χ1) is 9.13. The summed E-state index contributed by atoms with van der Waals surface area (Å²) in [5, 5.41) is 6.72. The van der Waals surface area contributed by atoms with Crippen molar-refractivity contribution in [3.05, 3.63) is 28.5 Å². The van der Waals surface area contributed by atoms with E-state index in [1.165, 1.54) is 5.69 Å². The molecule has 1 N–H and O–H groups in total. The second-order valence-electron chi connectivity index (χ2n) is 4.72. The third-order valence-electron chi connectivity index (χ3n) is 3.15. The van der Waals surface area contributed by atoms with Gasteiger partial charge in [0.05, 0.1) is 17.9 Å². The van der Waals surface area contributed by atoms with Crippen LogP contribution in [0.2, 0.25) is 0 Å². The Morgan fingerprint density at radius 2 is 2.21 bits per heavy atom. The van der Waals surface area contributed by atoms with E-state index in [1.807, 2.05) is 43.8 Å². The quantitative estimate of drug-likeness (QED) is 0.880. The molecule has 0 saturated carbocycles. The van der Waals surface area contributed by atoms with Gasteiger partial charge in [0.1, 0.15) is 5.01 Å². The molecule has 0 fully saturated rings. The Bertz CT molecular complexity index is 503. The molecule has 0 spiro atoms. The summed E-state index contributed by atoms with van der Waals surface area (Å²) in [5.74, 6) is 0.971. The highest BCUT2D eigenvalue weighted by molar-refractivity contribution is 7.09. The molecule has 0 amide bonds. The minimum absolute atomic E-state index is 0.317. The van der Waals surface area contributed by atoms with Gasteiger partial charge in [-0.2, -0.15) is 0 Å². The van der Waals surface area contributed by atoms with E-state index in [1.54, 1.807) is 11.3 Å². The minimum Gasteiger partial charge on any atom is -0.348 e. The molecule has 5 nitrogen and oxygen atoms in total. The zero-order valence-electron chi connectivity index (χ0n) is 11.9. The lowest BCUT2D eigenvalue weighted by Gasteiger charge is -2.16. The summed E-state index contributed by atoms with van der Waals surface area (Å²) in [6.45, 7) is 2.98. The maximum Gasteiger partial charge on any atom is 0.204 e. The van der Waals surface area contributed by atoms with Gasteiger partial charge in [-0.1, -0.05) is 6.92 Å². The number of hydrogen-bond acceptors (Lipinski definition) is 5. The fourth-order valence-electron chi connectivity index (χ4n) is 2.05. The third kappa shape index (κ3) is 3.13. The van der Waals surface area contributed by atoms with Crippen LogP contribution in [0.25, 0.3) is 0 Å². The molecule has 1 atom stereocenters. The molecule has 0 aliphatic rings. The first kappa shape index (κ1) is 14.0. The largest absolute Gasteiger partial charge is 0.348 e. The molecule has 0 bridgehead atoms. The lowest BCUT2D eigenvalue weighted by atomic mass is 10.2. The average molecular weight is 279 g/mol. The van der Waals surface area contributed by atoms with Crippen molar-refractivity contribution < 1.29 is 0 Å². The van der Waals surface area contributed by atoms with Gasteiger partial charge in [0.2, 0.25) is 5.95 Å². The maximum atomic E-state index is 4.42. The molecule has 2 rings (SSSR count). The highest BCUT2D eigenvalue weighted by Gasteiger charge is 2.13. The summed E-state index contributed by atoms with van der Waals surface area (Å²) in [4.78, 5) is 10.8. The van der Waals surface area contributed by atoms with Crippen LogP contribution in [-0.4, -0.2) is 28.6 Å². The van der Waals surface area contributed by atoms with Crippen LogP contribution < -0.4 is 10.2 Å². The molecule has 104 valence electrons. The molecule has 6 heteroatoms. The van der Waals surface area contributed by atoms with Gasteiger partial charge in [0, 0.05) is 39.3 Å². The van der Waals surface area contributed by atoms with Gasteiger partial charge < -0.3 is 14.8 Å². The van der Waals surface area contributed by atoms with E-state index in [2.05, 4.69) is 26.8 Å². The van der Waals surface area contributed by atoms with Crippen LogP contribution in [0.3, 0.4) is 0 Å². The summed E-state index contributed by atoms with van der Waals surface area (Å²) < 4.78 is 2.11. The first-order valence-electron chi connectivity index (χ1n) is 6.44. The van der Waals surface area contributed by atoms with E-state index in [0.29, 0.717) is 6.04 Å². The van der Waals surface area contributed by atoms with Crippen molar-refractivity contribution in [1.82, 2.24) is 19.9 Å². The van der Waals surface area contributed by atoms with Crippen LogP contribution in [-0.2, 0) is 13.6 Å². The normalized spacial score (nSPS) is 12.6. The van der Waals surface area contributed by atoms with E-state index in [-0.39, 0.29) is 0 Å². The summed E-state index contributed by atoms with van der Waals surface area (Å²) >= 11 is 1.70. The first-order valence-corrected chi connectivity index (χ1v) is 7.32. The monoisotopic (exact) mass is 279 g/mol. The SMILES string of the molecule is CCC(NCc1cnc(N(C)C)n1C)c1nccs1. The highest BCUT2D eigenvalue weighted by atomic mass is 32.1. The van der Waals surface area contributed by atoms with Crippen molar-refractivity contribution in [3.63, 3.8) is 0 Å². The zero-order valence-corrected chi connectivity index (χ0v) is 12.7. The number of thiazole rings is 1. The van der Waals surface area contributed by atoms with E-state index in [9.17, 15) is 0 Å². The number of aromatic nitrogens is 3. The Hall–Kier alpha value is -1.40. The summed E-state index contributed by atoms with van der Waals surface area (Å²) in [6.07, 6.45) is 4.82. The standard InChI is InChI=1S/C13H21N5S/c1-5-11(12-14-6-7-19-12)15-8-10-9-16-13(17(2)3)18(10)4/h6-7,9,11,15H,5,8H2,1-4H3. The van der Waals surface area contributed by atoms with E-state index in [4.69, 9.17) is 0 Å².